The van der Waals surface area contributed by atoms with Crippen LogP contribution < -0.4 is 0 Å². The summed E-state index contributed by atoms with van der Waals surface area (Å²) in [6.45, 7) is 0. The maximum Gasteiger partial charge on any atom is 0.416 e. The molecule has 1 atom stereocenters. The standard InChI is InChI=1S/C40H18F6N4/c41-39(42,43)27-7-1-21(2-8-27)23-5-11-29-33(15-23)35(25(17-47)18-48)31-13-14-32-36(26(19-49)20-50)34-16-24(6-12-30(34)38(32)37(29)31)22-3-9-28(10-4-22)40(44,45)46/h1-15,24H,16H2. The summed E-state index contributed by atoms with van der Waals surface area (Å²) in [7, 11) is 0. The van der Waals surface area contributed by atoms with E-state index in [0.29, 0.717) is 72.4 Å². The highest BCUT2D eigenvalue weighted by Gasteiger charge is 2.39. The Morgan fingerprint density at radius 2 is 1.06 bits per heavy atom. The number of hydrogen-bond acceptors (Lipinski definition) is 4. The molecule has 0 saturated carbocycles. The molecule has 0 aliphatic heterocycles. The number of fused-ring (bicyclic) bond motifs is 6. The van der Waals surface area contributed by atoms with Gasteiger partial charge in [0, 0.05) is 17.1 Å². The Kier molecular flexibility index (Phi) is 7.36. The van der Waals surface area contributed by atoms with Crippen molar-refractivity contribution in [1.29, 1.82) is 21.0 Å². The first-order valence-corrected chi connectivity index (χ1v) is 15.1. The minimum Gasteiger partial charge on any atom is -0.192 e. The van der Waals surface area contributed by atoms with Gasteiger partial charge in [-0.25, -0.2) is 0 Å². The summed E-state index contributed by atoms with van der Waals surface area (Å²) in [6, 6.07) is 26.1. The maximum atomic E-state index is 13.2. The zero-order valence-corrected chi connectivity index (χ0v) is 25.5. The molecule has 0 radical (unpaired) electrons. The fourth-order valence-corrected chi connectivity index (χ4v) is 7.05. The molecular weight excluding hydrogens is 650 g/mol. The first kappa shape index (κ1) is 32.0. The van der Waals surface area contributed by atoms with E-state index in [2.05, 4.69) is 0 Å². The van der Waals surface area contributed by atoms with Crippen LogP contribution in [0, 0.1) is 45.3 Å². The lowest BCUT2D eigenvalue weighted by atomic mass is 9.83. The molecule has 0 N–H and O–H groups in total. The van der Waals surface area contributed by atoms with Gasteiger partial charge in [0.25, 0.3) is 0 Å². The Hall–Kier alpha value is -6.62. The van der Waals surface area contributed by atoms with Crippen LogP contribution in [0.3, 0.4) is 0 Å². The van der Waals surface area contributed by atoms with E-state index in [9.17, 15) is 47.4 Å². The molecule has 4 aromatic carbocycles. The fourth-order valence-electron chi connectivity index (χ4n) is 7.05. The van der Waals surface area contributed by atoms with Crippen molar-refractivity contribution in [1.82, 2.24) is 0 Å². The first-order valence-electron chi connectivity index (χ1n) is 15.1. The van der Waals surface area contributed by atoms with Crippen molar-refractivity contribution in [2.75, 3.05) is 0 Å². The van der Waals surface area contributed by atoms with Gasteiger partial charge in [0.2, 0.25) is 0 Å². The van der Waals surface area contributed by atoms with Crippen molar-refractivity contribution < 1.29 is 26.3 Å². The van der Waals surface area contributed by atoms with E-state index in [-0.39, 0.29) is 23.5 Å². The minimum absolute atomic E-state index is 0.140. The monoisotopic (exact) mass is 668 g/mol. The summed E-state index contributed by atoms with van der Waals surface area (Å²) >= 11 is 0. The summed E-state index contributed by atoms with van der Waals surface area (Å²) < 4.78 is 79.4. The Balaban J connectivity index is 1.41. The Labute approximate surface area is 281 Å². The summed E-state index contributed by atoms with van der Waals surface area (Å²) in [5.74, 6) is -0.357. The highest BCUT2D eigenvalue weighted by Crippen LogP contribution is 2.57. The van der Waals surface area contributed by atoms with E-state index in [1.807, 2.05) is 36.4 Å². The van der Waals surface area contributed by atoms with Crippen LogP contribution in [0.1, 0.15) is 51.3 Å². The summed E-state index contributed by atoms with van der Waals surface area (Å²) in [6.07, 6.45) is -5.03. The molecule has 240 valence electrons. The molecule has 0 amide bonds. The van der Waals surface area contributed by atoms with Crippen LogP contribution in [0.25, 0.3) is 39.0 Å². The van der Waals surface area contributed by atoms with Gasteiger partial charge in [-0.1, -0.05) is 60.7 Å². The number of alkyl halides is 6. The molecule has 4 aromatic rings. The third-order valence-corrected chi connectivity index (χ3v) is 9.28. The van der Waals surface area contributed by atoms with E-state index in [1.165, 1.54) is 24.3 Å². The van der Waals surface area contributed by atoms with E-state index in [4.69, 9.17) is 0 Å². The Bertz CT molecular complexity index is 2410. The van der Waals surface area contributed by atoms with Gasteiger partial charge in [0.1, 0.15) is 35.4 Å². The third-order valence-electron chi connectivity index (χ3n) is 9.28. The van der Waals surface area contributed by atoms with Crippen LogP contribution in [0.5, 0.6) is 0 Å². The molecule has 0 bridgehead atoms. The molecule has 10 heteroatoms. The maximum absolute atomic E-state index is 13.2. The van der Waals surface area contributed by atoms with Crippen LogP contribution in [0.15, 0.2) is 108 Å². The summed E-state index contributed by atoms with van der Waals surface area (Å²) in [5, 5.41) is 40.0. The molecule has 50 heavy (non-hydrogen) atoms. The number of halogens is 6. The molecule has 0 heterocycles. The van der Waals surface area contributed by atoms with Crippen molar-refractivity contribution in [3.8, 4) is 46.5 Å². The second kappa shape index (κ2) is 11.5. The minimum atomic E-state index is -4.51. The van der Waals surface area contributed by atoms with E-state index < -0.39 is 23.5 Å². The second-order valence-corrected chi connectivity index (χ2v) is 11.9. The van der Waals surface area contributed by atoms with Crippen LogP contribution in [0.4, 0.5) is 26.3 Å². The predicted octanol–water partition coefficient (Wildman–Crippen LogP) is 10.5. The van der Waals surface area contributed by atoms with E-state index in [1.54, 1.807) is 30.3 Å². The molecular formula is C40H18F6N4. The van der Waals surface area contributed by atoms with Crippen molar-refractivity contribution >= 4 is 16.7 Å². The van der Waals surface area contributed by atoms with Crippen molar-refractivity contribution in [2.45, 2.75) is 24.7 Å². The lowest BCUT2D eigenvalue weighted by molar-refractivity contribution is -0.138. The molecule has 4 nitrogen and oxygen atoms in total. The lowest BCUT2D eigenvalue weighted by Gasteiger charge is -2.21. The molecule has 0 spiro atoms. The zero-order valence-electron chi connectivity index (χ0n) is 25.5. The average Bonchev–Trinajstić information content (AvgIpc) is 3.61. The van der Waals surface area contributed by atoms with Crippen LogP contribution >= 0.6 is 0 Å². The van der Waals surface area contributed by atoms with Gasteiger partial charge in [-0.15, -0.1) is 0 Å². The molecule has 1 unspecified atom stereocenters. The van der Waals surface area contributed by atoms with Crippen LogP contribution in [-0.2, 0) is 12.4 Å². The predicted molar refractivity (Wildman–Crippen MR) is 173 cm³/mol. The number of allylic oxidation sites excluding steroid dienone is 7. The van der Waals surface area contributed by atoms with Crippen molar-refractivity contribution in [3.63, 3.8) is 0 Å². The van der Waals surface area contributed by atoms with Gasteiger partial charge in [0.15, 0.2) is 0 Å². The van der Waals surface area contributed by atoms with Crippen molar-refractivity contribution in [3.05, 3.63) is 147 Å². The van der Waals surface area contributed by atoms with Gasteiger partial charge in [-0.05, 0) is 98.0 Å². The number of rotatable bonds is 2. The fraction of sp³-hybridized carbons (Fsp3) is 0.100. The second-order valence-electron chi connectivity index (χ2n) is 11.9. The quantitative estimate of drug-likeness (QED) is 0.138. The molecule has 7 rings (SSSR count). The molecule has 3 aliphatic carbocycles. The first-order chi connectivity index (χ1) is 23.9. The number of hydrogen-bond donors (Lipinski definition) is 0. The summed E-state index contributed by atoms with van der Waals surface area (Å²) in [5.41, 5.74) is 5.54. The highest BCUT2D eigenvalue weighted by atomic mass is 19.4. The molecule has 0 saturated heterocycles. The molecule has 0 fully saturated rings. The average molecular weight is 669 g/mol. The highest BCUT2D eigenvalue weighted by molar-refractivity contribution is 6.15. The normalized spacial score (nSPS) is 15.6. The third kappa shape index (κ3) is 4.98. The van der Waals surface area contributed by atoms with Gasteiger partial charge in [-0.3, -0.25) is 0 Å². The smallest absolute Gasteiger partial charge is 0.192 e. The van der Waals surface area contributed by atoms with E-state index in [0.717, 1.165) is 24.3 Å². The van der Waals surface area contributed by atoms with Crippen LogP contribution in [-0.4, -0.2) is 0 Å². The number of nitriles is 4. The SMILES string of the molecule is N#CC(C#N)=C1C2=C(C=CC(c3ccc(C(F)(F)F)cc3)C2)c2c1ccc1c2-c2ccc(-c3ccc(C(F)(F)F)cc3)cc2C1=C(C#N)C#N. The Morgan fingerprint density at radius 3 is 1.62 bits per heavy atom. The number of nitrogens with zero attached hydrogens (tertiary/aromatic N) is 4. The summed E-state index contributed by atoms with van der Waals surface area (Å²) in [4.78, 5) is 0. The molecule has 0 aromatic heterocycles. The largest absolute Gasteiger partial charge is 0.416 e. The van der Waals surface area contributed by atoms with Gasteiger partial charge in [0.05, 0.1) is 11.1 Å². The van der Waals surface area contributed by atoms with Crippen molar-refractivity contribution in [2.24, 2.45) is 0 Å². The van der Waals surface area contributed by atoms with Crippen LogP contribution in [0.2, 0.25) is 0 Å². The Morgan fingerprint density at radius 1 is 0.560 bits per heavy atom. The van der Waals surface area contributed by atoms with Gasteiger partial charge < -0.3 is 0 Å². The zero-order chi connectivity index (χ0) is 35.5. The lowest BCUT2D eigenvalue weighted by Crippen LogP contribution is -2.06. The molecule has 3 aliphatic rings. The topological polar surface area (TPSA) is 95.2 Å². The van der Waals surface area contributed by atoms with E-state index >= 15 is 0 Å². The van der Waals surface area contributed by atoms with Gasteiger partial charge >= 0.3 is 12.4 Å². The number of benzene rings is 4. The van der Waals surface area contributed by atoms with Gasteiger partial charge in [-0.2, -0.15) is 47.4 Å².